The van der Waals surface area contributed by atoms with Crippen molar-refractivity contribution in [2.75, 3.05) is 47.5 Å². The number of hydrogen-bond donors (Lipinski definition) is 3. The summed E-state index contributed by atoms with van der Waals surface area (Å²) in [6.45, 7) is 19.4. The number of alkyl halides is 4. The lowest BCUT2D eigenvalue weighted by Gasteiger charge is -2.44. The number of halogens is 12. The van der Waals surface area contributed by atoms with Crippen molar-refractivity contribution < 1.29 is 125 Å². The normalized spacial score (nSPS) is 18.8. The number of phenols is 2. The molecular formula is C102H104F12N4O16. The van der Waals surface area contributed by atoms with Crippen molar-refractivity contribution in [2.45, 2.75) is 187 Å². The Hall–Kier alpha value is -12.8. The molecule has 20 nitrogen and oxygen atoms in total. The van der Waals surface area contributed by atoms with E-state index in [4.69, 9.17) is 14.3 Å². The number of ether oxygens (including phenoxy) is 4. The van der Waals surface area contributed by atoms with Crippen LogP contribution >= 0.6 is 0 Å². The maximum absolute atomic E-state index is 15.5. The first-order chi connectivity index (χ1) is 62.7. The van der Waals surface area contributed by atoms with E-state index in [2.05, 4.69) is 14.2 Å². The third-order valence-electron chi connectivity index (χ3n) is 22.9. The maximum Gasteiger partial charge on any atom is 0.336 e. The number of carbonyl (C=O) groups excluding carboxylic acids is 6. The Balaban J connectivity index is 0.000000185. The van der Waals surface area contributed by atoms with Gasteiger partial charge < -0.3 is 38.7 Å². The quantitative estimate of drug-likeness (QED) is 0.0102. The largest absolute Gasteiger partial charge is 0.508 e. The molecule has 5 heterocycles. The van der Waals surface area contributed by atoms with Crippen molar-refractivity contribution in [3.8, 4) is 17.2 Å². The van der Waals surface area contributed by atoms with E-state index in [0.29, 0.717) is 82.6 Å². The van der Waals surface area contributed by atoms with Crippen LogP contribution in [0.25, 0.3) is 35.3 Å². The SMILES string of the molecule is CC1Cc2cc3oc(=O)ccc3cc2C(c2c(F)cc(/C=C/C(=O)O)cc2F)N1CC(C)(C)F.COC(=O)/C=C/c1cc(F)c(C2c3cc(C=O)c(O)cc3CC(C)N2CC(C)(C)F)c(F)c1.COC(=O)/C=C/c1cc(F)c(C2c3cc(C=O)c(OC(C)=O)cc3CC(C)N2CC(C)(C)F)c(F)c1.COC(=O)/C=C/c1cc(F)c(C2c3ccc(O)cc3CC(C)N2CC(C)(C)F)c(F)c1. The second kappa shape index (κ2) is 42.6. The molecule has 0 spiro atoms. The van der Waals surface area contributed by atoms with E-state index in [1.807, 2.05) is 27.7 Å². The number of rotatable bonds is 23. The summed E-state index contributed by atoms with van der Waals surface area (Å²) in [6.07, 6.45) is 11.5. The minimum Gasteiger partial charge on any atom is -0.508 e. The number of methoxy groups -OCH3 is 3. The van der Waals surface area contributed by atoms with Gasteiger partial charge in [-0.1, -0.05) is 6.07 Å². The molecule has 8 unspecified atom stereocenters. The van der Waals surface area contributed by atoms with Gasteiger partial charge in [-0.05, 0) is 303 Å². The van der Waals surface area contributed by atoms with Gasteiger partial charge in [-0.2, -0.15) is 0 Å². The van der Waals surface area contributed by atoms with Crippen LogP contribution in [0.3, 0.4) is 0 Å². The molecule has 4 aliphatic rings. The number of aldehydes is 2. The van der Waals surface area contributed by atoms with Crippen LogP contribution in [0.5, 0.6) is 17.2 Å². The van der Waals surface area contributed by atoms with Gasteiger partial charge in [-0.3, -0.25) is 34.0 Å². The minimum absolute atomic E-state index is 0.0220. The number of fused-ring (bicyclic) bond motifs is 5. The lowest BCUT2D eigenvalue weighted by molar-refractivity contribution is -0.135. The molecular weight excluding hydrogens is 1770 g/mol. The highest BCUT2D eigenvalue weighted by atomic mass is 19.2. The molecule has 0 fully saturated rings. The molecule has 8 atom stereocenters. The predicted octanol–water partition coefficient (Wildman–Crippen LogP) is 19.9. The number of nitrogens with zero attached hydrogens (tertiary/aromatic N) is 4. The molecule has 0 bridgehead atoms. The summed E-state index contributed by atoms with van der Waals surface area (Å²) in [4.78, 5) is 98.0. The van der Waals surface area contributed by atoms with Gasteiger partial charge in [0.1, 0.15) is 92.0 Å². The third kappa shape index (κ3) is 25.6. The second-order valence-electron chi connectivity index (χ2n) is 36.0. The number of carboxylic acids is 1. The molecule has 712 valence electrons. The zero-order valence-corrected chi connectivity index (χ0v) is 76.5. The second-order valence-corrected chi connectivity index (χ2v) is 36.0. The maximum atomic E-state index is 15.5. The average Bonchev–Trinajstić information content (AvgIpc) is 0.714. The highest BCUT2D eigenvalue weighted by molar-refractivity contribution is 5.89. The van der Waals surface area contributed by atoms with Crippen LogP contribution in [-0.4, -0.2) is 172 Å². The minimum atomic E-state index is -1.69. The fourth-order valence-corrected chi connectivity index (χ4v) is 17.5. The highest BCUT2D eigenvalue weighted by Gasteiger charge is 2.45. The monoisotopic (exact) mass is 1870 g/mol. The topological polar surface area (TPSA) is 260 Å². The Labute approximate surface area is 766 Å². The van der Waals surface area contributed by atoms with Crippen LogP contribution in [-0.2, 0) is 63.9 Å². The van der Waals surface area contributed by atoms with Crippen molar-refractivity contribution in [1.82, 2.24) is 19.6 Å². The summed E-state index contributed by atoms with van der Waals surface area (Å²) in [5.74, 6) is -10.9. The van der Waals surface area contributed by atoms with Gasteiger partial charge in [-0.15, -0.1) is 0 Å². The molecule has 9 aromatic rings. The van der Waals surface area contributed by atoms with Gasteiger partial charge >= 0.3 is 35.5 Å². The molecule has 3 N–H and O–H groups in total. The molecule has 0 aliphatic carbocycles. The van der Waals surface area contributed by atoms with Crippen molar-refractivity contribution in [3.05, 3.63) is 297 Å². The Morgan fingerprint density at radius 2 is 0.716 bits per heavy atom. The summed E-state index contributed by atoms with van der Waals surface area (Å²) in [7, 11) is 3.57. The Kier molecular flexibility index (Phi) is 32.9. The van der Waals surface area contributed by atoms with Crippen LogP contribution in [0, 0.1) is 46.5 Å². The lowest BCUT2D eigenvalue weighted by atomic mass is 9.82. The number of carboxylic acid groups (broad SMARTS) is 1. The van der Waals surface area contributed by atoms with Gasteiger partial charge in [0.25, 0.3) is 0 Å². The Bertz CT molecular complexity index is 6070. The first-order valence-electron chi connectivity index (χ1n) is 42.7. The molecule has 1 aromatic heterocycles. The fraction of sp³-hybridized carbons (Fsp3) is 0.353. The molecule has 0 saturated carbocycles. The number of aliphatic carboxylic acids is 1. The van der Waals surface area contributed by atoms with Gasteiger partial charge in [0.15, 0.2) is 12.6 Å². The van der Waals surface area contributed by atoms with Gasteiger partial charge in [0.05, 0.1) is 56.6 Å². The highest BCUT2D eigenvalue weighted by Crippen LogP contribution is 2.49. The van der Waals surface area contributed by atoms with Crippen molar-refractivity contribution in [2.24, 2.45) is 0 Å². The van der Waals surface area contributed by atoms with Gasteiger partial charge in [0.2, 0.25) is 0 Å². The number of phenolic OH excluding ortho intramolecular Hbond substituents is 2. The van der Waals surface area contributed by atoms with Crippen LogP contribution in [0.2, 0.25) is 0 Å². The van der Waals surface area contributed by atoms with Crippen LogP contribution in [0.1, 0.15) is 224 Å². The van der Waals surface area contributed by atoms with E-state index in [0.717, 1.165) is 90.0 Å². The summed E-state index contributed by atoms with van der Waals surface area (Å²) >= 11 is 0. The average molecular weight is 1870 g/mol. The number of aromatic hydroxyl groups is 2. The van der Waals surface area contributed by atoms with Crippen molar-refractivity contribution in [3.63, 3.8) is 0 Å². The van der Waals surface area contributed by atoms with E-state index >= 15 is 35.1 Å². The van der Waals surface area contributed by atoms with E-state index in [1.165, 1.54) is 138 Å². The summed E-state index contributed by atoms with van der Waals surface area (Å²) < 4.78 is 206. The molecule has 0 radical (unpaired) electrons. The molecule has 0 amide bonds. The smallest absolute Gasteiger partial charge is 0.336 e. The number of esters is 4. The molecule has 32 heteroatoms. The predicted molar refractivity (Wildman–Crippen MR) is 480 cm³/mol. The van der Waals surface area contributed by atoms with Gasteiger partial charge in [0, 0.05) is 115 Å². The first kappa shape index (κ1) is 103. The van der Waals surface area contributed by atoms with E-state index in [-0.39, 0.29) is 123 Å². The van der Waals surface area contributed by atoms with Crippen LogP contribution < -0.4 is 10.4 Å². The summed E-state index contributed by atoms with van der Waals surface area (Å²) in [5.41, 5.74) is -2.54. The van der Waals surface area contributed by atoms with E-state index < -0.39 is 129 Å². The fourth-order valence-electron chi connectivity index (χ4n) is 17.5. The molecule has 13 rings (SSSR count). The van der Waals surface area contributed by atoms with Crippen LogP contribution in [0.15, 0.2) is 149 Å². The van der Waals surface area contributed by atoms with Crippen LogP contribution in [0.4, 0.5) is 52.7 Å². The van der Waals surface area contributed by atoms with E-state index in [1.54, 1.807) is 49.9 Å². The molecule has 8 aromatic carbocycles. The summed E-state index contributed by atoms with van der Waals surface area (Å²) in [5, 5.41) is 29.4. The molecule has 0 saturated heterocycles. The number of hydrogen-bond acceptors (Lipinski definition) is 19. The zero-order chi connectivity index (χ0) is 99.0. The molecule has 134 heavy (non-hydrogen) atoms. The first-order valence-corrected chi connectivity index (χ1v) is 42.7. The summed E-state index contributed by atoms with van der Waals surface area (Å²) in [6, 6.07) is 20.4. The Morgan fingerprint density at radius 1 is 0.410 bits per heavy atom. The zero-order valence-electron chi connectivity index (χ0n) is 76.5. The third-order valence-corrected chi connectivity index (χ3v) is 22.9. The lowest BCUT2D eigenvalue weighted by Crippen LogP contribution is -2.48. The standard InChI is InChI=1S/C27H28F3NO5.C26H24F3NO4.C25H26F3NO4.C24H26F3NO3/c1-15-8-18-12-23(36-16(2)33)19(13-32)11-20(18)26(31(15)14-27(3,4)30)25-21(28)9-17(10-22(25)29)6-7-24(34)35-5;1-14-8-17-12-21-16(5-7-23(33)34-21)11-18(17)25(30(14)13-26(2,3)29)24-19(27)9-15(10-20(24)28)4-6-22(31)32;1-14-7-16-11-21(31)17(12-30)10-18(16)24(29(14)13-25(2,3)28)23-19(26)8-15(9-20(23)27)5-6-22(32)33-4;1-14-9-16-12-17(29)6-7-18(16)23(28(14)13-24(2,3)27)22-19(25)10-15(11-20(22)26)5-8-21(30)31-4/h6-7,9-13,15,26H,8,14H2,1-5H3;4-7,9-12,14,25H,8,13H2,1-3H3,(H,31,32);5-6,8-12,14,24,31H,7,13H2,1-4H3;5-8,10-12,14,23,29H,9,13H2,1-4H3/b7-6+;6-4+;6-5+;8-5+. The number of carbonyl (C=O) groups is 7. The van der Waals surface area contributed by atoms with Crippen molar-refractivity contribution in [1.29, 1.82) is 0 Å². The molecule has 4 aliphatic heterocycles. The van der Waals surface area contributed by atoms with E-state index in [9.17, 15) is 66.1 Å². The Morgan fingerprint density at radius 3 is 1.04 bits per heavy atom. The van der Waals surface area contributed by atoms with Gasteiger partial charge in [-0.25, -0.2) is 76.7 Å². The van der Waals surface area contributed by atoms with Crippen molar-refractivity contribution >= 4 is 77.7 Å². The number of benzene rings is 8.